The molecule has 1 aromatic rings. The molecule has 0 bridgehead atoms. The van der Waals surface area contributed by atoms with Crippen molar-refractivity contribution in [1.29, 1.82) is 0 Å². The van der Waals surface area contributed by atoms with E-state index in [0.29, 0.717) is 56.4 Å². The van der Waals surface area contributed by atoms with Gasteiger partial charge in [-0.3, -0.25) is 4.31 Å². The largest absolute Gasteiger partial charge is 0.494 e. The van der Waals surface area contributed by atoms with E-state index in [2.05, 4.69) is 5.32 Å². The molecule has 138 valence electrons. The standard InChI is InChI=1S/C16H23N3O5S/c1-23-15-12-13(17-16(20)18-7-9-24-10-8-18)4-5-14(15)19-6-2-3-11-25(19,21)22/h4-5,12H,2-3,6-11H2,1H3,(H,17,20). The Hall–Kier alpha value is -2.00. The molecular formula is C16H23N3O5S. The summed E-state index contributed by atoms with van der Waals surface area (Å²) in [6, 6.07) is 4.82. The van der Waals surface area contributed by atoms with Crippen molar-refractivity contribution < 1.29 is 22.7 Å². The van der Waals surface area contributed by atoms with E-state index in [1.54, 1.807) is 23.1 Å². The maximum atomic E-state index is 12.3. The second kappa shape index (κ2) is 7.49. The highest BCUT2D eigenvalue weighted by molar-refractivity contribution is 7.92. The Morgan fingerprint density at radius 3 is 2.64 bits per heavy atom. The monoisotopic (exact) mass is 369 g/mol. The van der Waals surface area contributed by atoms with Crippen molar-refractivity contribution in [3.8, 4) is 5.75 Å². The van der Waals surface area contributed by atoms with Gasteiger partial charge in [-0.1, -0.05) is 0 Å². The zero-order valence-corrected chi connectivity index (χ0v) is 15.0. The third-order valence-corrected chi connectivity index (χ3v) is 6.20. The number of morpholine rings is 1. The predicted octanol–water partition coefficient (Wildman–Crippen LogP) is 1.49. The van der Waals surface area contributed by atoms with E-state index in [1.165, 1.54) is 11.4 Å². The van der Waals surface area contributed by atoms with Gasteiger partial charge >= 0.3 is 6.03 Å². The van der Waals surface area contributed by atoms with Gasteiger partial charge in [-0.05, 0) is 25.0 Å². The maximum Gasteiger partial charge on any atom is 0.322 e. The molecule has 0 spiro atoms. The summed E-state index contributed by atoms with van der Waals surface area (Å²) >= 11 is 0. The van der Waals surface area contributed by atoms with Crippen molar-refractivity contribution >= 4 is 27.4 Å². The number of urea groups is 1. The lowest BCUT2D eigenvalue weighted by atomic mass is 10.2. The SMILES string of the molecule is COc1cc(NC(=O)N2CCOCC2)ccc1N1CCCCS1(=O)=O. The lowest BCUT2D eigenvalue weighted by molar-refractivity contribution is 0.0564. The number of carbonyl (C=O) groups excluding carboxylic acids is 1. The molecular weight excluding hydrogens is 346 g/mol. The van der Waals surface area contributed by atoms with Crippen LogP contribution < -0.4 is 14.4 Å². The Labute approximate surface area is 147 Å². The number of nitrogens with one attached hydrogen (secondary N) is 1. The molecule has 0 atom stereocenters. The molecule has 0 radical (unpaired) electrons. The van der Waals surface area contributed by atoms with Crippen LogP contribution in [0.3, 0.4) is 0 Å². The normalized spacial score (nSPS) is 20.2. The van der Waals surface area contributed by atoms with Crippen LogP contribution in [0, 0.1) is 0 Å². The van der Waals surface area contributed by atoms with E-state index < -0.39 is 10.0 Å². The van der Waals surface area contributed by atoms with Crippen LogP contribution in [-0.4, -0.2) is 65.1 Å². The summed E-state index contributed by atoms with van der Waals surface area (Å²) in [5.74, 6) is 0.566. The van der Waals surface area contributed by atoms with Crippen molar-refractivity contribution in [2.75, 3.05) is 55.3 Å². The molecule has 1 N–H and O–H groups in total. The third kappa shape index (κ3) is 3.98. The summed E-state index contributed by atoms with van der Waals surface area (Å²) in [7, 11) is -1.83. The summed E-state index contributed by atoms with van der Waals surface area (Å²) in [4.78, 5) is 13.9. The fraction of sp³-hybridized carbons (Fsp3) is 0.562. The molecule has 2 aliphatic heterocycles. The van der Waals surface area contributed by atoms with Crippen LogP contribution in [0.1, 0.15) is 12.8 Å². The molecule has 9 heteroatoms. The summed E-state index contributed by atoms with van der Waals surface area (Å²) < 4.78 is 36.6. The molecule has 2 heterocycles. The van der Waals surface area contributed by atoms with Crippen LogP contribution >= 0.6 is 0 Å². The first kappa shape index (κ1) is 17.8. The first-order valence-electron chi connectivity index (χ1n) is 8.33. The Bertz CT molecular complexity index is 731. The molecule has 1 aromatic carbocycles. The smallest absolute Gasteiger partial charge is 0.322 e. The maximum absolute atomic E-state index is 12.3. The number of rotatable bonds is 3. The highest BCUT2D eigenvalue weighted by atomic mass is 32.2. The molecule has 0 aliphatic carbocycles. The fourth-order valence-corrected chi connectivity index (χ4v) is 4.64. The molecule has 2 aliphatic rings. The van der Waals surface area contributed by atoms with Crippen LogP contribution in [0.15, 0.2) is 18.2 Å². The highest BCUT2D eigenvalue weighted by Gasteiger charge is 2.28. The minimum Gasteiger partial charge on any atom is -0.494 e. The lowest BCUT2D eigenvalue weighted by Gasteiger charge is -2.30. The van der Waals surface area contributed by atoms with E-state index in [1.807, 2.05) is 0 Å². The van der Waals surface area contributed by atoms with Crippen molar-refractivity contribution in [3.63, 3.8) is 0 Å². The van der Waals surface area contributed by atoms with Gasteiger partial charge in [0.05, 0.1) is 31.8 Å². The topological polar surface area (TPSA) is 88.2 Å². The molecule has 0 aromatic heterocycles. The quantitative estimate of drug-likeness (QED) is 0.872. The second-order valence-electron chi connectivity index (χ2n) is 6.01. The van der Waals surface area contributed by atoms with Gasteiger partial charge in [-0.25, -0.2) is 13.2 Å². The number of hydrogen-bond donors (Lipinski definition) is 1. The lowest BCUT2D eigenvalue weighted by Crippen LogP contribution is -2.43. The van der Waals surface area contributed by atoms with Gasteiger partial charge < -0.3 is 19.7 Å². The number of hydrogen-bond acceptors (Lipinski definition) is 5. The number of carbonyl (C=O) groups is 1. The van der Waals surface area contributed by atoms with Crippen LogP contribution in [0.2, 0.25) is 0 Å². The zero-order chi connectivity index (χ0) is 17.9. The Kier molecular flexibility index (Phi) is 5.33. The summed E-state index contributed by atoms with van der Waals surface area (Å²) in [6.45, 7) is 2.60. The number of benzene rings is 1. The molecule has 2 amide bonds. The third-order valence-electron chi connectivity index (χ3n) is 4.35. The molecule has 0 unspecified atom stereocenters. The van der Waals surface area contributed by atoms with Crippen LogP contribution in [0.25, 0.3) is 0 Å². The minimum atomic E-state index is -3.32. The molecule has 8 nitrogen and oxygen atoms in total. The summed E-state index contributed by atoms with van der Waals surface area (Å²) in [6.07, 6.45) is 1.49. The van der Waals surface area contributed by atoms with Crippen LogP contribution in [-0.2, 0) is 14.8 Å². The first-order chi connectivity index (χ1) is 12.0. The Balaban J connectivity index is 1.78. The van der Waals surface area contributed by atoms with Gasteiger partial charge in [0, 0.05) is 31.4 Å². The molecule has 2 saturated heterocycles. The minimum absolute atomic E-state index is 0.145. The summed E-state index contributed by atoms with van der Waals surface area (Å²) in [5.41, 5.74) is 1.07. The molecule has 2 fully saturated rings. The van der Waals surface area contributed by atoms with Crippen molar-refractivity contribution in [2.24, 2.45) is 0 Å². The Morgan fingerprint density at radius 1 is 1.20 bits per heavy atom. The number of nitrogens with zero attached hydrogens (tertiary/aromatic N) is 2. The van der Waals surface area contributed by atoms with Gasteiger partial charge in [0.15, 0.2) is 0 Å². The molecule has 0 saturated carbocycles. The first-order valence-corrected chi connectivity index (χ1v) is 9.94. The fourth-order valence-electron chi connectivity index (χ4n) is 2.99. The van der Waals surface area contributed by atoms with E-state index in [-0.39, 0.29) is 11.8 Å². The van der Waals surface area contributed by atoms with E-state index in [0.717, 1.165) is 6.42 Å². The van der Waals surface area contributed by atoms with Gasteiger partial charge in [0.25, 0.3) is 0 Å². The van der Waals surface area contributed by atoms with Crippen molar-refractivity contribution in [1.82, 2.24) is 4.90 Å². The van der Waals surface area contributed by atoms with Crippen molar-refractivity contribution in [2.45, 2.75) is 12.8 Å². The number of methoxy groups -OCH3 is 1. The van der Waals surface area contributed by atoms with Crippen LogP contribution in [0.4, 0.5) is 16.2 Å². The molecule has 3 rings (SSSR count). The average Bonchev–Trinajstić information content (AvgIpc) is 2.62. The van der Waals surface area contributed by atoms with E-state index >= 15 is 0 Å². The zero-order valence-electron chi connectivity index (χ0n) is 14.2. The highest BCUT2D eigenvalue weighted by Crippen LogP contribution is 2.34. The van der Waals surface area contributed by atoms with Crippen molar-refractivity contribution in [3.05, 3.63) is 18.2 Å². The number of ether oxygens (including phenoxy) is 2. The second-order valence-corrected chi connectivity index (χ2v) is 8.02. The molecule has 25 heavy (non-hydrogen) atoms. The number of amides is 2. The van der Waals surface area contributed by atoms with Crippen LogP contribution in [0.5, 0.6) is 5.75 Å². The number of anilines is 2. The number of sulfonamides is 1. The van der Waals surface area contributed by atoms with Gasteiger partial charge in [0.2, 0.25) is 10.0 Å². The summed E-state index contributed by atoms with van der Waals surface area (Å²) in [5, 5.41) is 2.82. The van der Waals surface area contributed by atoms with Gasteiger partial charge in [-0.15, -0.1) is 0 Å². The Morgan fingerprint density at radius 2 is 1.96 bits per heavy atom. The average molecular weight is 369 g/mol. The van der Waals surface area contributed by atoms with Gasteiger partial charge in [-0.2, -0.15) is 0 Å². The van der Waals surface area contributed by atoms with E-state index in [4.69, 9.17) is 9.47 Å². The van der Waals surface area contributed by atoms with Gasteiger partial charge in [0.1, 0.15) is 5.75 Å². The predicted molar refractivity (Wildman–Crippen MR) is 94.8 cm³/mol. The van der Waals surface area contributed by atoms with E-state index in [9.17, 15) is 13.2 Å².